The van der Waals surface area contributed by atoms with Crippen molar-refractivity contribution in [3.8, 4) is 11.5 Å². The third kappa shape index (κ3) is 4.07. The van der Waals surface area contributed by atoms with E-state index in [9.17, 15) is 9.59 Å². The monoisotopic (exact) mass is 400 g/mol. The normalized spacial score (nSPS) is 32.4. The first-order valence-electron chi connectivity index (χ1n) is 10.8. The minimum Gasteiger partial charge on any atom is -0.483 e. The maximum atomic E-state index is 12.5. The number of carbonyl (C=O) groups is 2. The first-order valence-corrected chi connectivity index (χ1v) is 10.8. The lowest BCUT2D eigenvalue weighted by Crippen LogP contribution is -2.57. The Morgan fingerprint density at radius 3 is 2.90 bits per heavy atom. The first-order chi connectivity index (χ1) is 13.7. The van der Waals surface area contributed by atoms with E-state index in [-0.39, 0.29) is 42.0 Å². The van der Waals surface area contributed by atoms with Crippen LogP contribution in [0.25, 0.3) is 0 Å². The van der Waals surface area contributed by atoms with Gasteiger partial charge in [0.15, 0.2) is 18.1 Å². The highest BCUT2D eigenvalue weighted by Gasteiger charge is 2.42. The fourth-order valence-corrected chi connectivity index (χ4v) is 5.16. The Kier molecular flexibility index (Phi) is 5.21. The van der Waals surface area contributed by atoms with Crippen molar-refractivity contribution in [1.29, 1.82) is 0 Å². The lowest BCUT2D eigenvalue weighted by Gasteiger charge is -2.45. The lowest BCUT2D eigenvalue weighted by atomic mass is 9.68. The molecule has 1 saturated carbocycles. The molecule has 1 saturated heterocycles. The fourth-order valence-electron chi connectivity index (χ4n) is 5.16. The molecule has 0 spiro atoms. The standard InChI is InChI=1S/C23H32N2O4/c1-13-14(2)22(27)25-18-10-16(8-9-17(13)18)24-20(26)12-28-19-7-5-6-15-11-23(3,4)29-21(15)19/h5-7,13-14,16-18H,8-12H2,1-4H3,(H,24,26)(H,25,27). The van der Waals surface area contributed by atoms with Crippen molar-refractivity contribution in [3.05, 3.63) is 23.8 Å². The van der Waals surface area contributed by atoms with Crippen LogP contribution in [0.3, 0.4) is 0 Å². The molecular formula is C23H32N2O4. The molecule has 0 radical (unpaired) electrons. The zero-order valence-corrected chi connectivity index (χ0v) is 17.8. The van der Waals surface area contributed by atoms with Gasteiger partial charge in [0.2, 0.25) is 5.91 Å². The number of piperidine rings is 1. The number of para-hydroxylation sites is 1. The van der Waals surface area contributed by atoms with Crippen molar-refractivity contribution in [2.75, 3.05) is 6.61 Å². The smallest absolute Gasteiger partial charge is 0.258 e. The van der Waals surface area contributed by atoms with E-state index in [1.165, 1.54) is 0 Å². The van der Waals surface area contributed by atoms with Crippen LogP contribution in [-0.2, 0) is 16.0 Å². The Balaban J connectivity index is 1.31. The van der Waals surface area contributed by atoms with Crippen LogP contribution >= 0.6 is 0 Å². The number of hydrogen-bond acceptors (Lipinski definition) is 4. The summed E-state index contributed by atoms with van der Waals surface area (Å²) >= 11 is 0. The van der Waals surface area contributed by atoms with E-state index in [0.717, 1.165) is 37.0 Å². The summed E-state index contributed by atoms with van der Waals surface area (Å²) in [7, 11) is 0. The van der Waals surface area contributed by atoms with Crippen LogP contribution in [0.1, 0.15) is 52.5 Å². The number of carbonyl (C=O) groups excluding carboxylic acids is 2. The number of fused-ring (bicyclic) bond motifs is 2. The van der Waals surface area contributed by atoms with Gasteiger partial charge in [-0.2, -0.15) is 0 Å². The van der Waals surface area contributed by atoms with Crippen LogP contribution in [0.15, 0.2) is 18.2 Å². The Morgan fingerprint density at radius 1 is 1.31 bits per heavy atom. The Labute approximate surface area is 172 Å². The zero-order chi connectivity index (χ0) is 20.8. The molecule has 2 heterocycles. The zero-order valence-electron chi connectivity index (χ0n) is 17.8. The Morgan fingerprint density at radius 2 is 2.10 bits per heavy atom. The van der Waals surface area contributed by atoms with Crippen LogP contribution in [0.2, 0.25) is 0 Å². The van der Waals surface area contributed by atoms with Crippen LogP contribution in [0, 0.1) is 17.8 Å². The molecular weight excluding hydrogens is 368 g/mol. The quantitative estimate of drug-likeness (QED) is 0.815. The van der Waals surface area contributed by atoms with Gasteiger partial charge in [-0.15, -0.1) is 0 Å². The van der Waals surface area contributed by atoms with Crippen molar-refractivity contribution in [2.24, 2.45) is 17.8 Å². The van der Waals surface area contributed by atoms with Gasteiger partial charge in [-0.3, -0.25) is 9.59 Å². The summed E-state index contributed by atoms with van der Waals surface area (Å²) in [5.41, 5.74) is 0.865. The predicted octanol–water partition coefficient (Wildman–Crippen LogP) is 2.83. The molecule has 2 fully saturated rings. The van der Waals surface area contributed by atoms with Gasteiger partial charge < -0.3 is 20.1 Å². The summed E-state index contributed by atoms with van der Waals surface area (Å²) in [6.45, 7) is 8.24. The second kappa shape index (κ2) is 7.54. The molecule has 1 aliphatic carbocycles. The van der Waals surface area contributed by atoms with Gasteiger partial charge in [0.05, 0.1) is 0 Å². The van der Waals surface area contributed by atoms with Crippen molar-refractivity contribution >= 4 is 11.8 Å². The molecule has 158 valence electrons. The summed E-state index contributed by atoms with van der Waals surface area (Å²) < 4.78 is 11.8. The SMILES string of the molecule is CC1C(=O)NC2CC(NC(=O)COc3cccc4c3OC(C)(C)C4)CCC2C1C. The molecule has 5 unspecified atom stereocenters. The predicted molar refractivity (Wildman–Crippen MR) is 110 cm³/mol. The summed E-state index contributed by atoms with van der Waals surface area (Å²) in [6.07, 6.45) is 3.59. The number of rotatable bonds is 4. The Hall–Kier alpha value is -2.24. The third-order valence-electron chi connectivity index (χ3n) is 6.89. The van der Waals surface area contributed by atoms with Crippen molar-refractivity contribution in [1.82, 2.24) is 10.6 Å². The molecule has 6 heteroatoms. The van der Waals surface area contributed by atoms with Gasteiger partial charge in [0, 0.05) is 30.0 Å². The summed E-state index contributed by atoms with van der Waals surface area (Å²) in [6, 6.07) is 6.05. The van der Waals surface area contributed by atoms with E-state index in [1.54, 1.807) is 0 Å². The largest absolute Gasteiger partial charge is 0.483 e. The number of hydrogen-bond donors (Lipinski definition) is 2. The Bertz CT molecular complexity index is 806. The molecule has 2 N–H and O–H groups in total. The molecule has 4 rings (SSSR count). The summed E-state index contributed by atoms with van der Waals surface area (Å²) in [4.78, 5) is 24.6. The molecule has 1 aromatic rings. The van der Waals surface area contributed by atoms with E-state index in [4.69, 9.17) is 9.47 Å². The lowest BCUT2D eigenvalue weighted by molar-refractivity contribution is -0.132. The average Bonchev–Trinajstić information content (AvgIpc) is 2.99. The van der Waals surface area contributed by atoms with Crippen LogP contribution < -0.4 is 20.1 Å². The number of nitrogens with one attached hydrogen (secondary N) is 2. The first kappa shape index (κ1) is 20.0. The second-order valence-corrected chi connectivity index (χ2v) is 9.58. The van der Waals surface area contributed by atoms with Gasteiger partial charge in [-0.1, -0.05) is 26.0 Å². The van der Waals surface area contributed by atoms with Crippen molar-refractivity contribution < 1.29 is 19.1 Å². The van der Waals surface area contributed by atoms with Gasteiger partial charge in [-0.25, -0.2) is 0 Å². The van der Waals surface area contributed by atoms with Gasteiger partial charge in [0.1, 0.15) is 5.60 Å². The molecule has 0 bridgehead atoms. The van der Waals surface area contributed by atoms with Gasteiger partial charge >= 0.3 is 0 Å². The average molecular weight is 401 g/mol. The second-order valence-electron chi connectivity index (χ2n) is 9.58. The summed E-state index contributed by atoms with van der Waals surface area (Å²) in [5.74, 6) is 2.32. The van der Waals surface area contributed by atoms with Crippen molar-refractivity contribution in [2.45, 2.75) is 71.1 Å². The van der Waals surface area contributed by atoms with Gasteiger partial charge in [0.25, 0.3) is 5.91 Å². The third-order valence-corrected chi connectivity index (χ3v) is 6.89. The topological polar surface area (TPSA) is 76.7 Å². The molecule has 29 heavy (non-hydrogen) atoms. The number of amides is 2. The van der Waals surface area contributed by atoms with Crippen LogP contribution in [0.5, 0.6) is 11.5 Å². The highest BCUT2D eigenvalue weighted by atomic mass is 16.5. The molecule has 5 atom stereocenters. The van der Waals surface area contributed by atoms with Crippen molar-refractivity contribution in [3.63, 3.8) is 0 Å². The van der Waals surface area contributed by atoms with E-state index in [0.29, 0.717) is 17.6 Å². The van der Waals surface area contributed by atoms with E-state index < -0.39 is 0 Å². The number of ether oxygens (including phenoxy) is 2. The van der Waals surface area contributed by atoms with Crippen LogP contribution in [0.4, 0.5) is 0 Å². The van der Waals surface area contributed by atoms with E-state index in [2.05, 4.69) is 17.6 Å². The summed E-state index contributed by atoms with van der Waals surface area (Å²) in [5, 5.41) is 6.25. The van der Waals surface area contributed by atoms with Gasteiger partial charge in [-0.05, 0) is 51.0 Å². The maximum Gasteiger partial charge on any atom is 0.258 e. The highest BCUT2D eigenvalue weighted by Crippen LogP contribution is 2.42. The molecule has 2 aliphatic heterocycles. The number of benzene rings is 1. The molecule has 1 aromatic carbocycles. The van der Waals surface area contributed by atoms with E-state index in [1.807, 2.05) is 39.0 Å². The van der Waals surface area contributed by atoms with Crippen LogP contribution in [-0.4, -0.2) is 36.1 Å². The highest BCUT2D eigenvalue weighted by molar-refractivity contribution is 5.80. The van der Waals surface area contributed by atoms with E-state index >= 15 is 0 Å². The molecule has 2 amide bonds. The fraction of sp³-hybridized carbons (Fsp3) is 0.652. The molecule has 0 aromatic heterocycles. The molecule has 6 nitrogen and oxygen atoms in total. The minimum absolute atomic E-state index is 0.0371. The minimum atomic E-state index is -0.248. The molecule has 3 aliphatic rings. The maximum absolute atomic E-state index is 12.5.